The SMILES string of the molecule is COc1ccccc1-c1cc(C[N]C(=O)[C@@]2(C)CC[C@]3(C)CC[C@]4(C)C(=CC(=O)C5[C@@]6(C)CC[C@](O)(OCC(=O)O)C(C)(C)C6CC[C@]54C)[C@H]3C2)on1. The highest BCUT2D eigenvalue weighted by Crippen LogP contribution is 2.75. The number of methoxy groups -OCH3 is 1. The van der Waals surface area contributed by atoms with Crippen LogP contribution in [0.2, 0.25) is 0 Å². The molecule has 4 fully saturated rings. The Balaban J connectivity index is 1.13. The van der Waals surface area contributed by atoms with Gasteiger partial charge in [-0.3, -0.25) is 9.59 Å². The Morgan fingerprint density at radius 3 is 2.42 bits per heavy atom. The molecule has 5 aliphatic carbocycles. The Morgan fingerprint density at radius 1 is 0.981 bits per heavy atom. The summed E-state index contributed by atoms with van der Waals surface area (Å²) in [6, 6.07) is 9.39. The fourth-order valence-electron chi connectivity index (χ4n) is 12.5. The topological polar surface area (TPSA) is 150 Å². The van der Waals surface area contributed by atoms with E-state index < -0.39 is 34.6 Å². The molecule has 9 atom stereocenters. The Morgan fingerprint density at radius 2 is 1.70 bits per heavy atom. The van der Waals surface area contributed by atoms with E-state index in [1.54, 1.807) is 7.11 Å². The number of ketones is 1. The van der Waals surface area contributed by atoms with Crippen LogP contribution in [0.1, 0.15) is 112 Å². The van der Waals surface area contributed by atoms with Crippen LogP contribution >= 0.6 is 0 Å². The number of aliphatic hydroxyl groups is 1. The number of aromatic nitrogens is 1. The van der Waals surface area contributed by atoms with Crippen LogP contribution in [0.25, 0.3) is 11.3 Å². The first-order valence-electron chi connectivity index (χ1n) is 19.4. The molecule has 1 aromatic carbocycles. The fraction of sp³-hybridized carbons (Fsp3) is 0.674. The number of para-hydroxylation sites is 1. The van der Waals surface area contributed by atoms with E-state index >= 15 is 0 Å². The fourth-order valence-corrected chi connectivity index (χ4v) is 12.5. The number of carbonyl (C=O) groups is 3. The van der Waals surface area contributed by atoms with Gasteiger partial charge < -0.3 is 24.2 Å². The van der Waals surface area contributed by atoms with Crippen molar-refractivity contribution in [1.29, 1.82) is 0 Å². The van der Waals surface area contributed by atoms with Gasteiger partial charge in [-0.15, -0.1) is 0 Å². The Bertz CT molecular complexity index is 1850. The molecule has 4 saturated carbocycles. The molecule has 53 heavy (non-hydrogen) atoms. The van der Waals surface area contributed by atoms with E-state index in [2.05, 4.69) is 38.2 Å². The number of benzene rings is 1. The number of nitrogens with zero attached hydrogens (tertiary/aromatic N) is 2. The van der Waals surface area contributed by atoms with E-state index in [-0.39, 0.29) is 58.7 Å². The predicted molar refractivity (Wildman–Crippen MR) is 197 cm³/mol. The van der Waals surface area contributed by atoms with Crippen LogP contribution in [0.4, 0.5) is 0 Å². The van der Waals surface area contributed by atoms with E-state index in [0.717, 1.165) is 44.1 Å². The van der Waals surface area contributed by atoms with Crippen LogP contribution < -0.4 is 10.1 Å². The first-order valence-corrected chi connectivity index (χ1v) is 19.4. The van der Waals surface area contributed by atoms with Crippen molar-refractivity contribution in [3.63, 3.8) is 0 Å². The van der Waals surface area contributed by atoms with Gasteiger partial charge in [0.15, 0.2) is 17.3 Å². The average molecular weight is 730 g/mol. The van der Waals surface area contributed by atoms with Crippen LogP contribution in [0, 0.1) is 50.2 Å². The largest absolute Gasteiger partial charge is 0.496 e. The third kappa shape index (κ3) is 5.55. The first kappa shape index (κ1) is 37.8. The number of ether oxygens (including phenoxy) is 2. The molecule has 287 valence electrons. The van der Waals surface area contributed by atoms with Gasteiger partial charge in [0, 0.05) is 34.8 Å². The molecule has 1 radical (unpaired) electrons. The smallest absolute Gasteiger partial charge is 0.329 e. The minimum absolute atomic E-state index is 0.0188. The van der Waals surface area contributed by atoms with Crippen molar-refractivity contribution in [2.45, 2.75) is 119 Å². The number of aliphatic carboxylic acids is 1. The van der Waals surface area contributed by atoms with Gasteiger partial charge in [-0.05, 0) is 103 Å². The van der Waals surface area contributed by atoms with Crippen molar-refractivity contribution in [2.75, 3.05) is 13.7 Å². The third-order valence-electron chi connectivity index (χ3n) is 16.0. The number of allylic oxidation sites excluding steroid dienone is 2. The minimum Gasteiger partial charge on any atom is -0.496 e. The van der Waals surface area contributed by atoms with E-state index in [9.17, 15) is 24.6 Å². The number of carboxylic acids is 1. The number of carboxylic acid groups (broad SMARTS) is 1. The number of fused-ring (bicyclic) bond motifs is 7. The molecule has 10 heteroatoms. The van der Waals surface area contributed by atoms with E-state index in [0.29, 0.717) is 30.0 Å². The summed E-state index contributed by atoms with van der Waals surface area (Å²) in [5, 5.41) is 29.9. The summed E-state index contributed by atoms with van der Waals surface area (Å²) in [7, 11) is 1.61. The monoisotopic (exact) mass is 729 g/mol. The molecule has 0 saturated heterocycles. The lowest BCUT2D eigenvalue weighted by atomic mass is 9.33. The van der Waals surface area contributed by atoms with Gasteiger partial charge in [-0.1, -0.05) is 71.3 Å². The number of carbonyl (C=O) groups excluding carboxylic acids is 2. The molecule has 1 aromatic heterocycles. The first-order chi connectivity index (χ1) is 24.8. The van der Waals surface area contributed by atoms with Gasteiger partial charge >= 0.3 is 5.97 Å². The summed E-state index contributed by atoms with van der Waals surface area (Å²) in [5.41, 5.74) is 0.234. The van der Waals surface area contributed by atoms with Crippen molar-refractivity contribution in [3.8, 4) is 17.0 Å². The number of hydrogen-bond donors (Lipinski definition) is 2. The number of rotatable bonds is 8. The van der Waals surface area contributed by atoms with Gasteiger partial charge in [-0.25, -0.2) is 10.1 Å². The maximum atomic E-state index is 14.8. The van der Waals surface area contributed by atoms with E-state index in [1.807, 2.05) is 57.2 Å². The average Bonchev–Trinajstić information content (AvgIpc) is 3.59. The molecular weight excluding hydrogens is 672 g/mol. The minimum atomic E-state index is -1.59. The molecule has 5 aliphatic rings. The Kier molecular flexibility index (Phi) is 8.93. The van der Waals surface area contributed by atoms with Crippen LogP contribution in [0.5, 0.6) is 5.75 Å². The summed E-state index contributed by atoms with van der Waals surface area (Å²) >= 11 is 0. The molecule has 1 heterocycles. The van der Waals surface area contributed by atoms with Gasteiger partial charge in [0.05, 0.1) is 7.11 Å². The molecular formula is C43H57N2O8. The molecule has 0 spiro atoms. The summed E-state index contributed by atoms with van der Waals surface area (Å²) in [6.45, 7) is 14.8. The van der Waals surface area contributed by atoms with Crippen molar-refractivity contribution < 1.29 is 38.6 Å². The maximum Gasteiger partial charge on any atom is 0.329 e. The van der Waals surface area contributed by atoms with E-state index in [1.165, 1.54) is 5.57 Å². The second-order valence-electron chi connectivity index (χ2n) is 18.9. The van der Waals surface area contributed by atoms with Crippen molar-refractivity contribution in [2.24, 2.45) is 50.2 Å². The summed E-state index contributed by atoms with van der Waals surface area (Å²) in [5.74, 6) is -1.69. The lowest BCUT2D eigenvalue weighted by molar-refractivity contribution is -0.326. The molecule has 2 unspecified atom stereocenters. The molecule has 7 rings (SSSR count). The van der Waals surface area contributed by atoms with Gasteiger partial charge in [0.25, 0.3) is 0 Å². The molecule has 2 N–H and O–H groups in total. The zero-order valence-electron chi connectivity index (χ0n) is 32.7. The highest BCUT2D eigenvalue weighted by atomic mass is 16.6. The third-order valence-corrected chi connectivity index (χ3v) is 16.0. The van der Waals surface area contributed by atoms with Crippen LogP contribution in [0.15, 0.2) is 46.5 Å². The van der Waals surface area contributed by atoms with Crippen molar-refractivity contribution >= 4 is 17.7 Å². The summed E-state index contributed by atoms with van der Waals surface area (Å²) < 4.78 is 16.8. The highest BCUT2D eigenvalue weighted by Gasteiger charge is 2.72. The zero-order chi connectivity index (χ0) is 38.4. The van der Waals surface area contributed by atoms with Crippen molar-refractivity contribution in [3.05, 3.63) is 47.7 Å². The van der Waals surface area contributed by atoms with Gasteiger partial charge in [0.2, 0.25) is 5.91 Å². The molecule has 1 amide bonds. The summed E-state index contributed by atoms with van der Waals surface area (Å²) in [4.78, 5) is 40.3. The highest BCUT2D eigenvalue weighted by molar-refractivity contribution is 5.96. The van der Waals surface area contributed by atoms with Crippen LogP contribution in [-0.4, -0.2) is 52.5 Å². The number of hydrogen-bond acceptors (Lipinski definition) is 8. The molecule has 2 aromatic rings. The maximum absolute atomic E-state index is 14.8. The second kappa shape index (κ2) is 12.5. The Hall–Kier alpha value is -3.50. The Labute approximate surface area is 313 Å². The standard InChI is InChI=1S/C43H57N2O8/c1-37(2)33-13-14-42(7)35(40(33,5)18-20-43(37,50)52-25-34(47)48)31(46)22-28-29-23-39(4,16-15-38(29,3)17-19-41(28,42)6)36(49)44-24-26-21-30(45-53-26)27-11-9-10-12-32(27)51-8/h9-12,21-22,29,33,35,50H,13-20,23-25H2,1-8H3,(H,47,48)/t29-,33?,35?,38-,39+,40+,41-,42-,43+/m1/s1. The van der Waals surface area contributed by atoms with E-state index in [4.69, 9.17) is 14.0 Å². The zero-order valence-corrected chi connectivity index (χ0v) is 32.7. The molecule has 0 bridgehead atoms. The lowest BCUT2D eigenvalue weighted by Crippen LogP contribution is -2.69. The lowest BCUT2D eigenvalue weighted by Gasteiger charge is -2.71. The summed E-state index contributed by atoms with van der Waals surface area (Å²) in [6.07, 6.45) is 8.74. The number of amides is 1. The van der Waals surface area contributed by atoms with Crippen LogP contribution in [0.3, 0.4) is 0 Å². The van der Waals surface area contributed by atoms with Crippen molar-refractivity contribution in [1.82, 2.24) is 10.5 Å². The molecule has 0 aliphatic heterocycles. The van der Waals surface area contributed by atoms with Gasteiger partial charge in [0.1, 0.15) is 24.6 Å². The van der Waals surface area contributed by atoms with Crippen LogP contribution in [-0.2, 0) is 25.7 Å². The normalized spacial score (nSPS) is 40.1. The predicted octanol–water partition coefficient (Wildman–Crippen LogP) is 7.75. The van der Waals surface area contributed by atoms with Gasteiger partial charge in [-0.2, -0.15) is 0 Å². The molecule has 10 nitrogen and oxygen atoms in total. The quantitative estimate of drug-likeness (QED) is 0.260. The second-order valence-corrected chi connectivity index (χ2v) is 18.9.